The van der Waals surface area contributed by atoms with Gasteiger partial charge in [0.2, 0.25) is 0 Å². The van der Waals surface area contributed by atoms with Crippen molar-refractivity contribution in [2.24, 2.45) is 0 Å². The van der Waals surface area contributed by atoms with Crippen molar-refractivity contribution < 1.29 is 0 Å². The molecule has 104 valence electrons. The number of halogens is 1. The molecule has 0 aliphatic heterocycles. The molecule has 3 rings (SSSR count). The minimum absolute atomic E-state index is 0.733. The Morgan fingerprint density at radius 1 is 1.24 bits per heavy atom. The number of fused-ring (bicyclic) bond motifs is 1. The van der Waals surface area contributed by atoms with Gasteiger partial charge in [-0.3, -0.25) is 0 Å². The van der Waals surface area contributed by atoms with Crippen molar-refractivity contribution in [2.75, 3.05) is 0 Å². The second-order valence-electron chi connectivity index (χ2n) is 4.65. The zero-order chi connectivity index (χ0) is 15.0. The first kappa shape index (κ1) is 14.1. The minimum atomic E-state index is 0.733. The molecule has 0 amide bonds. The van der Waals surface area contributed by atoms with Crippen molar-refractivity contribution >= 4 is 33.3 Å². The Balaban J connectivity index is 2.32. The smallest absolute Gasteiger partial charge is 0.170 e. The van der Waals surface area contributed by atoms with Gasteiger partial charge >= 0.3 is 0 Å². The number of aromatic nitrogens is 3. The van der Waals surface area contributed by atoms with Crippen LogP contribution in [0, 0.1) is 24.5 Å². The molecule has 0 spiro atoms. The number of thiocyanates is 1. The maximum absolute atomic E-state index is 9.09. The van der Waals surface area contributed by atoms with Crippen LogP contribution >= 0.6 is 27.7 Å². The van der Waals surface area contributed by atoms with Crippen molar-refractivity contribution in [3.63, 3.8) is 0 Å². The molecule has 4 nitrogen and oxygen atoms in total. The third-order valence-electron chi connectivity index (χ3n) is 3.12. The van der Waals surface area contributed by atoms with Gasteiger partial charge in [0.15, 0.2) is 5.65 Å². The van der Waals surface area contributed by atoms with Gasteiger partial charge in [0.05, 0.1) is 4.90 Å². The van der Waals surface area contributed by atoms with Crippen molar-refractivity contribution in [3.05, 3.63) is 46.2 Å². The van der Waals surface area contributed by atoms with Gasteiger partial charge in [0.25, 0.3) is 0 Å². The summed E-state index contributed by atoms with van der Waals surface area (Å²) >= 11 is 4.53. The summed E-state index contributed by atoms with van der Waals surface area (Å²) in [5.74, 6) is 0. The van der Waals surface area contributed by atoms with E-state index in [1.807, 2.05) is 44.2 Å². The molecule has 0 radical (unpaired) electrons. The SMILES string of the molecule is Cc1cc(C)n2nc(-c3ccc(Br)cc3)c(SC#N)c2n1. The minimum Gasteiger partial charge on any atom is -0.233 e. The van der Waals surface area contributed by atoms with Gasteiger partial charge in [0, 0.05) is 21.4 Å². The molecule has 0 atom stereocenters. The fraction of sp³-hybridized carbons (Fsp3) is 0.133. The van der Waals surface area contributed by atoms with E-state index in [0.29, 0.717) is 0 Å². The molecule has 0 unspecified atom stereocenters. The van der Waals surface area contributed by atoms with Crippen LogP contribution in [-0.2, 0) is 0 Å². The molecular weight excluding hydrogens is 348 g/mol. The zero-order valence-electron chi connectivity index (χ0n) is 11.5. The van der Waals surface area contributed by atoms with Crippen LogP contribution in [0.5, 0.6) is 0 Å². The lowest BCUT2D eigenvalue weighted by Crippen LogP contribution is -1.97. The first-order chi connectivity index (χ1) is 10.1. The van der Waals surface area contributed by atoms with E-state index in [2.05, 4.69) is 31.4 Å². The molecule has 21 heavy (non-hydrogen) atoms. The molecule has 0 bridgehead atoms. The van der Waals surface area contributed by atoms with Crippen LogP contribution in [0.1, 0.15) is 11.4 Å². The molecule has 0 saturated heterocycles. The van der Waals surface area contributed by atoms with Gasteiger partial charge in [-0.15, -0.1) is 0 Å². The Morgan fingerprint density at radius 3 is 2.62 bits per heavy atom. The van der Waals surface area contributed by atoms with Crippen molar-refractivity contribution in [3.8, 4) is 16.7 Å². The molecule has 0 N–H and O–H groups in total. The Labute approximate surface area is 134 Å². The summed E-state index contributed by atoms with van der Waals surface area (Å²) in [5, 5.41) is 15.9. The summed E-state index contributed by atoms with van der Waals surface area (Å²) in [6.45, 7) is 3.93. The average molecular weight is 359 g/mol. The number of nitriles is 1. The first-order valence-electron chi connectivity index (χ1n) is 6.29. The molecule has 3 aromatic rings. The largest absolute Gasteiger partial charge is 0.233 e. The van der Waals surface area contributed by atoms with Crippen LogP contribution in [0.15, 0.2) is 39.7 Å². The van der Waals surface area contributed by atoms with E-state index in [1.54, 1.807) is 4.52 Å². The van der Waals surface area contributed by atoms with E-state index < -0.39 is 0 Å². The summed E-state index contributed by atoms with van der Waals surface area (Å²) in [6.07, 6.45) is 0. The Bertz CT molecular complexity index is 862. The van der Waals surface area contributed by atoms with E-state index >= 15 is 0 Å². The number of thioether (sulfide) groups is 1. The summed E-state index contributed by atoms with van der Waals surface area (Å²) in [4.78, 5) is 5.34. The molecule has 1 aromatic carbocycles. The van der Waals surface area contributed by atoms with Crippen LogP contribution in [0.2, 0.25) is 0 Å². The van der Waals surface area contributed by atoms with Gasteiger partial charge in [-0.05, 0) is 43.8 Å². The lowest BCUT2D eigenvalue weighted by Gasteiger charge is -2.00. The second-order valence-corrected chi connectivity index (χ2v) is 6.36. The van der Waals surface area contributed by atoms with Crippen LogP contribution in [-0.4, -0.2) is 14.6 Å². The van der Waals surface area contributed by atoms with Gasteiger partial charge in [-0.1, -0.05) is 28.1 Å². The third kappa shape index (κ3) is 2.55. The quantitative estimate of drug-likeness (QED) is 0.504. The van der Waals surface area contributed by atoms with E-state index in [4.69, 9.17) is 5.26 Å². The van der Waals surface area contributed by atoms with Gasteiger partial charge in [0.1, 0.15) is 11.1 Å². The highest BCUT2D eigenvalue weighted by atomic mass is 79.9. The highest BCUT2D eigenvalue weighted by molar-refractivity contribution is 9.10. The molecule has 0 fully saturated rings. The maximum atomic E-state index is 9.09. The predicted octanol–water partition coefficient (Wildman–Crippen LogP) is 4.35. The fourth-order valence-corrected chi connectivity index (χ4v) is 3.07. The average Bonchev–Trinajstić information content (AvgIpc) is 2.80. The zero-order valence-corrected chi connectivity index (χ0v) is 13.9. The molecule has 2 heterocycles. The molecular formula is C15H11BrN4S. The maximum Gasteiger partial charge on any atom is 0.170 e. The third-order valence-corrected chi connectivity index (χ3v) is 4.32. The van der Waals surface area contributed by atoms with Crippen LogP contribution in [0.4, 0.5) is 0 Å². The number of rotatable bonds is 2. The molecule has 0 aliphatic rings. The van der Waals surface area contributed by atoms with Crippen LogP contribution in [0.3, 0.4) is 0 Å². The van der Waals surface area contributed by atoms with Crippen LogP contribution < -0.4 is 0 Å². The Hall–Kier alpha value is -1.84. The number of hydrogen-bond donors (Lipinski definition) is 0. The van der Waals surface area contributed by atoms with Crippen molar-refractivity contribution in [1.82, 2.24) is 14.6 Å². The second kappa shape index (κ2) is 5.51. The standard InChI is InChI=1S/C15H11BrN4S/c1-9-7-10(2)20-15(18-9)14(21-8-17)13(19-20)11-3-5-12(16)6-4-11/h3-7H,1-2H3. The normalized spacial score (nSPS) is 10.8. The number of aryl methyl sites for hydroxylation is 2. The molecule has 2 aromatic heterocycles. The van der Waals surface area contributed by atoms with Crippen molar-refractivity contribution in [2.45, 2.75) is 18.7 Å². The summed E-state index contributed by atoms with van der Waals surface area (Å²) in [5.41, 5.74) is 4.41. The number of hydrogen-bond acceptors (Lipinski definition) is 4. The summed E-state index contributed by atoms with van der Waals surface area (Å²) < 4.78 is 2.80. The van der Waals surface area contributed by atoms with Gasteiger partial charge < -0.3 is 0 Å². The van der Waals surface area contributed by atoms with Crippen molar-refractivity contribution in [1.29, 1.82) is 5.26 Å². The molecule has 0 aliphatic carbocycles. The van der Waals surface area contributed by atoms with E-state index in [9.17, 15) is 0 Å². The summed E-state index contributed by atoms with van der Waals surface area (Å²) in [6, 6.07) is 9.87. The summed E-state index contributed by atoms with van der Waals surface area (Å²) in [7, 11) is 0. The topological polar surface area (TPSA) is 54.0 Å². The molecule has 0 saturated carbocycles. The fourth-order valence-electron chi connectivity index (χ4n) is 2.24. The highest BCUT2D eigenvalue weighted by Gasteiger charge is 2.17. The monoisotopic (exact) mass is 358 g/mol. The van der Waals surface area contributed by atoms with E-state index in [-0.39, 0.29) is 0 Å². The highest BCUT2D eigenvalue weighted by Crippen LogP contribution is 2.34. The lowest BCUT2D eigenvalue weighted by molar-refractivity contribution is 0.888. The lowest BCUT2D eigenvalue weighted by atomic mass is 10.1. The Morgan fingerprint density at radius 2 is 1.95 bits per heavy atom. The molecule has 6 heteroatoms. The first-order valence-corrected chi connectivity index (χ1v) is 7.90. The van der Waals surface area contributed by atoms with Gasteiger partial charge in [-0.2, -0.15) is 10.4 Å². The van der Waals surface area contributed by atoms with E-state index in [1.165, 1.54) is 0 Å². The Kier molecular flexibility index (Phi) is 3.70. The van der Waals surface area contributed by atoms with E-state index in [0.717, 1.165) is 49.4 Å². The number of benzene rings is 1. The van der Waals surface area contributed by atoms with Gasteiger partial charge in [-0.25, -0.2) is 9.50 Å². The van der Waals surface area contributed by atoms with Crippen LogP contribution in [0.25, 0.3) is 16.9 Å². The number of nitrogens with zero attached hydrogens (tertiary/aromatic N) is 4. The predicted molar refractivity (Wildman–Crippen MR) is 87.1 cm³/mol.